The van der Waals surface area contributed by atoms with Crippen LogP contribution in [0.3, 0.4) is 0 Å². The third-order valence-electron chi connectivity index (χ3n) is 4.37. The molecule has 3 aromatic rings. The quantitative estimate of drug-likeness (QED) is 0.707. The Morgan fingerprint density at radius 1 is 1.08 bits per heavy atom. The van der Waals surface area contributed by atoms with E-state index in [1.54, 1.807) is 0 Å². The molecular formula is C19H19N3O3S. The van der Waals surface area contributed by atoms with Crippen molar-refractivity contribution in [1.29, 1.82) is 0 Å². The van der Waals surface area contributed by atoms with Gasteiger partial charge in [-0.15, -0.1) is 0 Å². The van der Waals surface area contributed by atoms with Crippen LogP contribution in [0.1, 0.15) is 17.0 Å². The van der Waals surface area contributed by atoms with Gasteiger partial charge in [-0.05, 0) is 61.5 Å². The fraction of sp³-hybridized carbons (Fsp3) is 0.263. The maximum atomic E-state index is 5.91. The Kier molecular flexibility index (Phi) is 4.38. The molecule has 1 N–H and O–H groups in total. The predicted octanol–water partition coefficient (Wildman–Crippen LogP) is 3.90. The SMILES string of the molecule is Cc1ccc(OCc2n[nH]c(=S)n2-c2ccc3c(c2)OCCO3)cc1C. The van der Waals surface area contributed by atoms with Crippen LogP contribution in [-0.2, 0) is 6.61 Å². The predicted molar refractivity (Wildman–Crippen MR) is 100.0 cm³/mol. The maximum Gasteiger partial charge on any atom is 0.199 e. The van der Waals surface area contributed by atoms with Gasteiger partial charge in [0, 0.05) is 6.07 Å². The van der Waals surface area contributed by atoms with Gasteiger partial charge in [0.1, 0.15) is 25.6 Å². The van der Waals surface area contributed by atoms with Gasteiger partial charge in [-0.2, -0.15) is 5.10 Å². The van der Waals surface area contributed by atoms with Gasteiger partial charge in [0.05, 0.1) is 5.69 Å². The van der Waals surface area contributed by atoms with Crippen molar-refractivity contribution in [3.8, 4) is 22.9 Å². The molecule has 6 nitrogen and oxygen atoms in total. The zero-order valence-electron chi connectivity index (χ0n) is 14.6. The van der Waals surface area contributed by atoms with Crippen molar-refractivity contribution in [2.45, 2.75) is 20.5 Å². The van der Waals surface area contributed by atoms with E-state index in [4.69, 9.17) is 26.4 Å². The molecule has 0 saturated carbocycles. The standard InChI is InChI=1S/C19H19N3O3S/c1-12-3-5-15(9-13(12)2)25-11-18-20-21-19(26)22(18)14-4-6-16-17(10-14)24-8-7-23-16/h3-6,9-10H,7-8,11H2,1-2H3,(H,21,26). The van der Waals surface area contributed by atoms with Gasteiger partial charge < -0.3 is 14.2 Å². The van der Waals surface area contributed by atoms with Gasteiger partial charge in [-0.25, -0.2) is 0 Å². The second-order valence-corrected chi connectivity index (χ2v) is 6.53. The Morgan fingerprint density at radius 2 is 1.88 bits per heavy atom. The van der Waals surface area contributed by atoms with Gasteiger partial charge in [0.15, 0.2) is 22.1 Å². The first kappa shape index (κ1) is 16.7. The number of nitrogens with one attached hydrogen (secondary N) is 1. The Labute approximate surface area is 156 Å². The molecule has 0 saturated heterocycles. The first-order valence-electron chi connectivity index (χ1n) is 8.38. The molecule has 134 valence electrons. The lowest BCUT2D eigenvalue weighted by molar-refractivity contribution is 0.171. The van der Waals surface area contributed by atoms with Gasteiger partial charge in [0.2, 0.25) is 0 Å². The number of rotatable bonds is 4. The highest BCUT2D eigenvalue weighted by molar-refractivity contribution is 7.71. The number of aryl methyl sites for hydroxylation is 2. The molecule has 2 heterocycles. The van der Waals surface area contributed by atoms with Crippen LogP contribution >= 0.6 is 12.2 Å². The minimum atomic E-state index is 0.296. The molecule has 0 spiro atoms. The van der Waals surface area contributed by atoms with Crippen molar-refractivity contribution in [3.05, 3.63) is 58.1 Å². The summed E-state index contributed by atoms with van der Waals surface area (Å²) in [6, 6.07) is 11.7. The van der Waals surface area contributed by atoms with Crippen molar-refractivity contribution >= 4 is 12.2 Å². The summed E-state index contributed by atoms with van der Waals surface area (Å²) in [6.45, 7) is 5.53. The van der Waals surface area contributed by atoms with Crippen molar-refractivity contribution in [2.24, 2.45) is 0 Å². The normalized spacial score (nSPS) is 12.8. The third kappa shape index (κ3) is 3.17. The van der Waals surface area contributed by atoms with E-state index >= 15 is 0 Å². The number of nitrogens with zero attached hydrogens (tertiary/aromatic N) is 2. The lowest BCUT2D eigenvalue weighted by atomic mass is 10.1. The summed E-state index contributed by atoms with van der Waals surface area (Å²) in [5.41, 5.74) is 3.27. The molecule has 26 heavy (non-hydrogen) atoms. The van der Waals surface area contributed by atoms with Crippen molar-refractivity contribution in [3.63, 3.8) is 0 Å². The topological polar surface area (TPSA) is 61.3 Å². The van der Waals surface area contributed by atoms with Crippen LogP contribution in [0.25, 0.3) is 5.69 Å². The molecule has 0 fully saturated rings. The second kappa shape index (κ2) is 6.84. The number of aromatic nitrogens is 3. The number of fused-ring (bicyclic) bond motifs is 1. The maximum absolute atomic E-state index is 5.91. The molecular weight excluding hydrogens is 350 g/mol. The molecule has 0 unspecified atom stereocenters. The van der Waals surface area contributed by atoms with Gasteiger partial charge in [-0.1, -0.05) is 6.07 Å². The Morgan fingerprint density at radius 3 is 2.69 bits per heavy atom. The van der Waals surface area contributed by atoms with Crippen LogP contribution in [0.15, 0.2) is 36.4 Å². The molecule has 0 radical (unpaired) electrons. The van der Waals surface area contributed by atoms with Crippen LogP contribution < -0.4 is 14.2 Å². The summed E-state index contributed by atoms with van der Waals surface area (Å²) >= 11 is 5.40. The zero-order valence-corrected chi connectivity index (χ0v) is 15.4. The van der Waals surface area contributed by atoms with Crippen LogP contribution in [0.2, 0.25) is 0 Å². The lowest BCUT2D eigenvalue weighted by Gasteiger charge is -2.19. The largest absolute Gasteiger partial charge is 0.486 e. The zero-order chi connectivity index (χ0) is 18.1. The molecule has 4 rings (SSSR count). The summed E-state index contributed by atoms with van der Waals surface area (Å²) in [6.07, 6.45) is 0. The van der Waals surface area contributed by atoms with Crippen molar-refractivity contribution in [2.75, 3.05) is 13.2 Å². The number of aromatic amines is 1. The summed E-state index contributed by atoms with van der Waals surface area (Å²) in [5, 5.41) is 7.14. The number of hydrogen-bond donors (Lipinski definition) is 1. The summed E-state index contributed by atoms with van der Waals surface area (Å²) in [5.74, 6) is 2.93. The van der Waals surface area contributed by atoms with E-state index in [9.17, 15) is 0 Å². The first-order chi connectivity index (χ1) is 12.6. The van der Waals surface area contributed by atoms with Crippen LogP contribution in [0.4, 0.5) is 0 Å². The molecule has 7 heteroatoms. The summed E-state index contributed by atoms with van der Waals surface area (Å²) < 4.78 is 19.5. The Bertz CT molecular complexity index is 1010. The number of H-pyrrole nitrogens is 1. The molecule has 1 aliphatic rings. The molecule has 0 bridgehead atoms. The third-order valence-corrected chi connectivity index (χ3v) is 4.65. The second-order valence-electron chi connectivity index (χ2n) is 6.14. The fourth-order valence-corrected chi connectivity index (χ4v) is 3.07. The van der Waals surface area contributed by atoms with Gasteiger partial charge in [0.25, 0.3) is 0 Å². The average Bonchev–Trinajstić information content (AvgIpc) is 3.03. The van der Waals surface area contributed by atoms with E-state index in [1.807, 2.05) is 41.0 Å². The minimum Gasteiger partial charge on any atom is -0.486 e. The number of benzene rings is 2. The lowest BCUT2D eigenvalue weighted by Crippen LogP contribution is -2.15. The van der Waals surface area contributed by atoms with Crippen molar-refractivity contribution < 1.29 is 14.2 Å². The smallest absolute Gasteiger partial charge is 0.199 e. The monoisotopic (exact) mass is 369 g/mol. The molecule has 1 aliphatic heterocycles. The van der Waals surface area contributed by atoms with Crippen LogP contribution in [0.5, 0.6) is 17.2 Å². The van der Waals surface area contributed by atoms with Crippen LogP contribution in [-0.4, -0.2) is 28.0 Å². The summed E-state index contributed by atoms with van der Waals surface area (Å²) in [4.78, 5) is 0. The first-order valence-corrected chi connectivity index (χ1v) is 8.79. The number of hydrogen-bond acceptors (Lipinski definition) is 5. The highest BCUT2D eigenvalue weighted by Gasteiger charge is 2.15. The Balaban J connectivity index is 1.61. The van der Waals surface area contributed by atoms with E-state index < -0.39 is 0 Å². The number of ether oxygens (including phenoxy) is 3. The van der Waals surface area contributed by atoms with E-state index in [0.29, 0.717) is 36.2 Å². The van der Waals surface area contributed by atoms with E-state index in [-0.39, 0.29) is 0 Å². The van der Waals surface area contributed by atoms with Crippen molar-refractivity contribution in [1.82, 2.24) is 14.8 Å². The molecule has 2 aromatic carbocycles. The van der Waals surface area contributed by atoms with E-state index in [2.05, 4.69) is 24.0 Å². The highest BCUT2D eigenvalue weighted by atomic mass is 32.1. The summed E-state index contributed by atoms with van der Waals surface area (Å²) in [7, 11) is 0. The highest BCUT2D eigenvalue weighted by Crippen LogP contribution is 2.32. The van der Waals surface area contributed by atoms with E-state index in [1.165, 1.54) is 11.1 Å². The minimum absolute atomic E-state index is 0.296. The fourth-order valence-electron chi connectivity index (χ4n) is 2.82. The van der Waals surface area contributed by atoms with Gasteiger partial charge in [-0.3, -0.25) is 9.67 Å². The average molecular weight is 369 g/mol. The molecule has 0 amide bonds. The van der Waals surface area contributed by atoms with Gasteiger partial charge >= 0.3 is 0 Å². The molecule has 0 atom stereocenters. The Hall–Kier alpha value is -2.80. The molecule has 1 aromatic heterocycles. The molecule has 0 aliphatic carbocycles. The van der Waals surface area contributed by atoms with E-state index in [0.717, 1.165) is 17.2 Å². The van der Waals surface area contributed by atoms with Crippen LogP contribution in [0, 0.1) is 18.6 Å².